The van der Waals surface area contributed by atoms with Crippen LogP contribution in [0.5, 0.6) is 0 Å². The Labute approximate surface area is 108 Å². The van der Waals surface area contributed by atoms with Crippen LogP contribution in [0.4, 0.5) is 0 Å². The van der Waals surface area contributed by atoms with Gasteiger partial charge in [-0.05, 0) is 39.1 Å². The van der Waals surface area contributed by atoms with Gasteiger partial charge >= 0.3 is 0 Å². The molecule has 0 aliphatic carbocycles. The lowest BCUT2D eigenvalue weighted by Crippen LogP contribution is -2.45. The number of furan rings is 1. The van der Waals surface area contributed by atoms with Gasteiger partial charge in [0, 0.05) is 19.2 Å². The Hall–Kier alpha value is -0.840. The smallest absolute Gasteiger partial charge is 0.117 e. The van der Waals surface area contributed by atoms with Crippen molar-refractivity contribution >= 4 is 0 Å². The quantitative estimate of drug-likeness (QED) is 0.814. The summed E-state index contributed by atoms with van der Waals surface area (Å²) < 4.78 is 11.4. The third-order valence-corrected chi connectivity index (χ3v) is 4.31. The Kier molecular flexibility index (Phi) is 3.41. The molecule has 100 valence electrons. The van der Waals surface area contributed by atoms with Gasteiger partial charge in [-0.25, -0.2) is 0 Å². The van der Waals surface area contributed by atoms with E-state index in [9.17, 15) is 0 Å². The van der Waals surface area contributed by atoms with Gasteiger partial charge in [0.2, 0.25) is 0 Å². The first kappa shape index (κ1) is 12.2. The minimum absolute atomic E-state index is 0.365. The van der Waals surface area contributed by atoms with Crippen molar-refractivity contribution in [2.24, 2.45) is 0 Å². The van der Waals surface area contributed by atoms with Gasteiger partial charge in [-0.1, -0.05) is 0 Å². The lowest BCUT2D eigenvalue weighted by molar-refractivity contribution is -0.0362. The summed E-state index contributed by atoms with van der Waals surface area (Å²) in [6, 6.07) is 5.06. The Morgan fingerprint density at radius 1 is 1.50 bits per heavy atom. The van der Waals surface area contributed by atoms with Crippen molar-refractivity contribution in [1.82, 2.24) is 9.80 Å². The van der Waals surface area contributed by atoms with E-state index in [0.29, 0.717) is 18.2 Å². The average molecular weight is 250 g/mol. The van der Waals surface area contributed by atoms with Gasteiger partial charge in [-0.3, -0.25) is 9.80 Å². The Morgan fingerprint density at radius 2 is 2.39 bits per heavy atom. The second-order valence-corrected chi connectivity index (χ2v) is 5.55. The topological polar surface area (TPSA) is 28.9 Å². The van der Waals surface area contributed by atoms with E-state index >= 15 is 0 Å². The van der Waals surface area contributed by atoms with Gasteiger partial charge in [0.05, 0.1) is 25.0 Å². The van der Waals surface area contributed by atoms with Crippen LogP contribution in [-0.2, 0) is 11.3 Å². The largest absolute Gasteiger partial charge is 0.468 e. The van der Waals surface area contributed by atoms with E-state index in [0.717, 1.165) is 25.5 Å². The number of hydrogen-bond donors (Lipinski definition) is 0. The van der Waals surface area contributed by atoms with Crippen molar-refractivity contribution in [3.05, 3.63) is 24.2 Å². The van der Waals surface area contributed by atoms with Gasteiger partial charge < -0.3 is 9.15 Å². The number of likely N-dealkylation sites (tertiary alicyclic amines) is 1. The molecule has 4 nitrogen and oxygen atoms in total. The molecule has 0 amide bonds. The molecule has 0 spiro atoms. The van der Waals surface area contributed by atoms with Crippen molar-refractivity contribution in [1.29, 1.82) is 0 Å². The Morgan fingerprint density at radius 3 is 3.17 bits per heavy atom. The Bertz CT molecular complexity index is 379. The van der Waals surface area contributed by atoms with Crippen LogP contribution in [0.25, 0.3) is 0 Å². The van der Waals surface area contributed by atoms with E-state index in [1.807, 2.05) is 12.1 Å². The van der Waals surface area contributed by atoms with Gasteiger partial charge in [-0.15, -0.1) is 0 Å². The predicted molar refractivity (Wildman–Crippen MR) is 69.4 cm³/mol. The first-order valence-electron chi connectivity index (χ1n) is 6.80. The maximum absolute atomic E-state index is 6.01. The van der Waals surface area contributed by atoms with Crippen LogP contribution < -0.4 is 0 Å². The summed E-state index contributed by atoms with van der Waals surface area (Å²) in [6.45, 7) is 2.87. The van der Waals surface area contributed by atoms with Gasteiger partial charge in [-0.2, -0.15) is 0 Å². The highest BCUT2D eigenvalue weighted by Gasteiger charge is 2.43. The number of nitrogens with zero attached hydrogens (tertiary/aromatic N) is 2. The molecular formula is C14H22N2O2. The standard InChI is InChI=1S/C14H22N2O2/c1-15(9-11-5-3-7-17-11)13-10-16(2)12-6-4-8-18-14(12)13/h3,5,7,12-14H,4,6,8-10H2,1-2H3/t12-,13-,14+/m0/s1. The van der Waals surface area contributed by atoms with Crippen LogP contribution in [-0.4, -0.2) is 55.2 Å². The molecular weight excluding hydrogens is 228 g/mol. The summed E-state index contributed by atoms with van der Waals surface area (Å²) in [4.78, 5) is 4.82. The molecule has 0 unspecified atom stereocenters. The normalized spacial score (nSPS) is 32.9. The van der Waals surface area contributed by atoms with Gasteiger partial charge in [0.15, 0.2) is 0 Å². The molecule has 0 N–H and O–H groups in total. The minimum Gasteiger partial charge on any atom is -0.468 e. The van der Waals surface area contributed by atoms with Crippen LogP contribution in [0, 0.1) is 0 Å². The summed E-state index contributed by atoms with van der Waals surface area (Å²) in [7, 11) is 4.38. The molecule has 2 aliphatic rings. The number of fused-ring (bicyclic) bond motifs is 1. The molecule has 3 atom stereocenters. The molecule has 2 aliphatic heterocycles. The molecule has 4 heteroatoms. The van der Waals surface area contributed by atoms with Crippen LogP contribution in [0.15, 0.2) is 22.8 Å². The molecule has 0 aromatic carbocycles. The second-order valence-electron chi connectivity index (χ2n) is 5.55. The molecule has 2 saturated heterocycles. The third kappa shape index (κ3) is 2.20. The number of hydrogen-bond acceptors (Lipinski definition) is 4. The molecule has 2 fully saturated rings. The zero-order valence-electron chi connectivity index (χ0n) is 11.2. The fourth-order valence-corrected chi connectivity index (χ4v) is 3.32. The number of rotatable bonds is 3. The van der Waals surface area contributed by atoms with Crippen molar-refractivity contribution in [2.45, 2.75) is 37.6 Å². The number of likely N-dealkylation sites (N-methyl/N-ethyl adjacent to an activating group) is 2. The van der Waals surface area contributed by atoms with Crippen molar-refractivity contribution in [3.63, 3.8) is 0 Å². The lowest BCUT2D eigenvalue weighted by atomic mass is 10.0. The molecule has 1 aromatic heterocycles. The van der Waals surface area contributed by atoms with Crippen LogP contribution >= 0.6 is 0 Å². The molecule has 0 bridgehead atoms. The molecule has 3 heterocycles. The van der Waals surface area contributed by atoms with Gasteiger partial charge in [0.1, 0.15) is 5.76 Å². The summed E-state index contributed by atoms with van der Waals surface area (Å²) in [5.41, 5.74) is 0. The summed E-state index contributed by atoms with van der Waals surface area (Å²) in [6.07, 6.45) is 4.57. The maximum Gasteiger partial charge on any atom is 0.117 e. The number of ether oxygens (including phenoxy) is 1. The zero-order valence-corrected chi connectivity index (χ0v) is 11.2. The zero-order chi connectivity index (χ0) is 12.5. The van der Waals surface area contributed by atoms with Crippen LogP contribution in [0.1, 0.15) is 18.6 Å². The monoisotopic (exact) mass is 250 g/mol. The average Bonchev–Trinajstić information content (AvgIpc) is 2.98. The molecule has 0 saturated carbocycles. The van der Waals surface area contributed by atoms with Gasteiger partial charge in [0.25, 0.3) is 0 Å². The second kappa shape index (κ2) is 5.03. The SMILES string of the molecule is CN(Cc1ccco1)[C@H]1CN(C)[C@H]2CCCO[C@@H]12. The van der Waals surface area contributed by atoms with Crippen LogP contribution in [0.2, 0.25) is 0 Å². The fraction of sp³-hybridized carbons (Fsp3) is 0.714. The van der Waals surface area contributed by atoms with Crippen molar-refractivity contribution in [3.8, 4) is 0 Å². The molecule has 1 aromatic rings. The summed E-state index contributed by atoms with van der Waals surface area (Å²) >= 11 is 0. The van der Waals surface area contributed by atoms with Crippen molar-refractivity contribution in [2.75, 3.05) is 27.2 Å². The molecule has 0 radical (unpaired) electrons. The summed E-state index contributed by atoms with van der Waals surface area (Å²) in [5.74, 6) is 1.03. The Balaban J connectivity index is 1.68. The first-order valence-corrected chi connectivity index (χ1v) is 6.80. The maximum atomic E-state index is 6.01. The van der Waals surface area contributed by atoms with Crippen molar-refractivity contribution < 1.29 is 9.15 Å². The third-order valence-electron chi connectivity index (χ3n) is 4.31. The van der Waals surface area contributed by atoms with E-state index in [-0.39, 0.29) is 0 Å². The lowest BCUT2D eigenvalue weighted by Gasteiger charge is -2.33. The van der Waals surface area contributed by atoms with E-state index in [2.05, 4.69) is 23.9 Å². The van der Waals surface area contributed by atoms with E-state index < -0.39 is 0 Å². The van der Waals surface area contributed by atoms with Crippen LogP contribution in [0.3, 0.4) is 0 Å². The molecule has 3 rings (SSSR count). The predicted octanol–water partition coefficient (Wildman–Crippen LogP) is 1.57. The highest BCUT2D eigenvalue weighted by Crippen LogP contribution is 2.30. The van der Waals surface area contributed by atoms with E-state index in [4.69, 9.17) is 9.15 Å². The highest BCUT2D eigenvalue weighted by atomic mass is 16.5. The van der Waals surface area contributed by atoms with E-state index in [1.54, 1.807) is 6.26 Å². The summed E-state index contributed by atoms with van der Waals surface area (Å²) in [5, 5.41) is 0. The fourth-order valence-electron chi connectivity index (χ4n) is 3.32. The molecule has 18 heavy (non-hydrogen) atoms. The van der Waals surface area contributed by atoms with E-state index in [1.165, 1.54) is 12.8 Å². The minimum atomic E-state index is 0.365. The highest BCUT2D eigenvalue weighted by molar-refractivity contribution is 5.02. The first-order chi connectivity index (χ1) is 8.75.